The van der Waals surface area contributed by atoms with Crippen LogP contribution in [0, 0.1) is 6.92 Å². The van der Waals surface area contributed by atoms with E-state index in [1.54, 1.807) is 0 Å². The minimum absolute atomic E-state index is 0.654. The molecule has 0 amide bonds. The highest BCUT2D eigenvalue weighted by Crippen LogP contribution is 2.19. The van der Waals surface area contributed by atoms with Crippen molar-refractivity contribution >= 4 is 5.69 Å². The van der Waals surface area contributed by atoms with Crippen LogP contribution in [0.1, 0.15) is 18.4 Å². The summed E-state index contributed by atoms with van der Waals surface area (Å²) in [6.07, 6.45) is 2.60. The molecule has 1 aromatic carbocycles. The largest absolute Gasteiger partial charge is 0.370 e. The summed E-state index contributed by atoms with van der Waals surface area (Å²) >= 11 is 0. The van der Waals surface area contributed by atoms with Crippen LogP contribution in [0.3, 0.4) is 0 Å². The van der Waals surface area contributed by atoms with Gasteiger partial charge in [-0.05, 0) is 38.4 Å². The van der Waals surface area contributed by atoms with Gasteiger partial charge in [0, 0.05) is 25.3 Å². The van der Waals surface area contributed by atoms with Crippen molar-refractivity contribution in [3.05, 3.63) is 29.8 Å². The van der Waals surface area contributed by atoms with E-state index in [2.05, 4.69) is 48.5 Å². The number of likely N-dealkylation sites (N-methyl/N-ethyl adjacent to an activating group) is 1. The van der Waals surface area contributed by atoms with Gasteiger partial charge in [-0.25, -0.2) is 0 Å². The molecule has 1 atom stereocenters. The van der Waals surface area contributed by atoms with E-state index in [0.29, 0.717) is 6.04 Å². The van der Waals surface area contributed by atoms with Crippen molar-refractivity contribution in [2.24, 2.45) is 0 Å². The molecule has 0 spiro atoms. The average Bonchev–Trinajstić information content (AvgIpc) is 2.30. The second kappa shape index (κ2) is 4.67. The maximum absolute atomic E-state index is 3.46. The second-order valence-electron chi connectivity index (χ2n) is 4.45. The molecule has 1 N–H and O–H groups in total. The van der Waals surface area contributed by atoms with Gasteiger partial charge in [0.1, 0.15) is 0 Å². The third-order valence-corrected chi connectivity index (χ3v) is 3.26. The molecule has 0 aromatic heterocycles. The minimum Gasteiger partial charge on any atom is -0.370 e. The molecule has 0 radical (unpaired) electrons. The zero-order valence-corrected chi connectivity index (χ0v) is 9.66. The van der Waals surface area contributed by atoms with Gasteiger partial charge in [0.25, 0.3) is 0 Å². The molecule has 1 aliphatic heterocycles. The van der Waals surface area contributed by atoms with Crippen LogP contribution in [0.5, 0.6) is 0 Å². The van der Waals surface area contributed by atoms with E-state index in [4.69, 9.17) is 0 Å². The maximum atomic E-state index is 3.46. The van der Waals surface area contributed by atoms with Gasteiger partial charge in [0.2, 0.25) is 0 Å². The first-order chi connectivity index (χ1) is 7.27. The van der Waals surface area contributed by atoms with Gasteiger partial charge in [0.05, 0.1) is 0 Å². The fourth-order valence-corrected chi connectivity index (χ4v) is 2.15. The van der Waals surface area contributed by atoms with Crippen LogP contribution in [-0.2, 0) is 0 Å². The highest BCUT2D eigenvalue weighted by molar-refractivity contribution is 5.47. The molecule has 2 heteroatoms. The SMILES string of the molecule is Cc1ccc(N(C)[C@H]2CCCNC2)cc1. The molecule has 2 rings (SSSR count). The summed E-state index contributed by atoms with van der Waals surface area (Å²) in [5, 5.41) is 3.46. The number of benzene rings is 1. The Bertz CT molecular complexity index is 299. The Morgan fingerprint density at radius 2 is 2.00 bits per heavy atom. The molecule has 1 fully saturated rings. The Hall–Kier alpha value is -1.02. The summed E-state index contributed by atoms with van der Waals surface area (Å²) in [6, 6.07) is 9.44. The number of hydrogen-bond acceptors (Lipinski definition) is 2. The topological polar surface area (TPSA) is 15.3 Å². The van der Waals surface area contributed by atoms with E-state index >= 15 is 0 Å². The minimum atomic E-state index is 0.654. The summed E-state index contributed by atoms with van der Waals surface area (Å²) in [4.78, 5) is 2.39. The number of rotatable bonds is 2. The van der Waals surface area contributed by atoms with Crippen LogP contribution in [0.4, 0.5) is 5.69 Å². The quantitative estimate of drug-likeness (QED) is 0.794. The third kappa shape index (κ3) is 2.51. The van der Waals surface area contributed by atoms with E-state index in [9.17, 15) is 0 Å². The molecule has 1 heterocycles. The van der Waals surface area contributed by atoms with E-state index in [-0.39, 0.29) is 0 Å². The second-order valence-corrected chi connectivity index (χ2v) is 4.45. The van der Waals surface area contributed by atoms with Gasteiger partial charge in [-0.1, -0.05) is 17.7 Å². The number of aryl methyl sites for hydroxylation is 1. The smallest absolute Gasteiger partial charge is 0.0411 e. The van der Waals surface area contributed by atoms with Gasteiger partial charge in [0.15, 0.2) is 0 Å². The monoisotopic (exact) mass is 204 g/mol. The molecule has 82 valence electrons. The molecular formula is C13H20N2. The van der Waals surface area contributed by atoms with Crippen LogP contribution >= 0.6 is 0 Å². The summed E-state index contributed by atoms with van der Waals surface area (Å²) in [6.45, 7) is 4.43. The van der Waals surface area contributed by atoms with Crippen molar-refractivity contribution < 1.29 is 0 Å². The molecule has 0 aliphatic carbocycles. The summed E-state index contributed by atoms with van der Waals surface area (Å²) in [5.41, 5.74) is 2.66. The third-order valence-electron chi connectivity index (χ3n) is 3.26. The Labute approximate surface area is 92.3 Å². The lowest BCUT2D eigenvalue weighted by Crippen LogP contribution is -2.44. The molecule has 0 unspecified atom stereocenters. The Balaban J connectivity index is 2.05. The lowest BCUT2D eigenvalue weighted by atomic mass is 10.1. The zero-order valence-electron chi connectivity index (χ0n) is 9.66. The first-order valence-corrected chi connectivity index (χ1v) is 5.77. The molecule has 1 aromatic rings. The normalized spacial score (nSPS) is 21.3. The van der Waals surface area contributed by atoms with Crippen LogP contribution in [0.25, 0.3) is 0 Å². The van der Waals surface area contributed by atoms with E-state index in [1.165, 1.54) is 30.6 Å². The van der Waals surface area contributed by atoms with Crippen molar-refractivity contribution in [3.8, 4) is 0 Å². The standard InChI is InChI=1S/C13H20N2/c1-11-5-7-12(8-6-11)15(2)13-4-3-9-14-10-13/h5-8,13-14H,3-4,9-10H2,1-2H3/t13-/m0/s1. The van der Waals surface area contributed by atoms with Crippen molar-refractivity contribution in [1.82, 2.24) is 5.32 Å². The number of hydrogen-bond donors (Lipinski definition) is 1. The highest BCUT2D eigenvalue weighted by Gasteiger charge is 2.17. The Kier molecular flexibility index (Phi) is 3.27. The van der Waals surface area contributed by atoms with Crippen LogP contribution < -0.4 is 10.2 Å². The number of nitrogens with zero attached hydrogens (tertiary/aromatic N) is 1. The van der Waals surface area contributed by atoms with E-state index < -0.39 is 0 Å². The van der Waals surface area contributed by atoms with Gasteiger partial charge in [-0.3, -0.25) is 0 Å². The number of nitrogens with one attached hydrogen (secondary N) is 1. The van der Waals surface area contributed by atoms with Crippen molar-refractivity contribution in [2.45, 2.75) is 25.8 Å². The van der Waals surface area contributed by atoms with Crippen LogP contribution in [0.2, 0.25) is 0 Å². The van der Waals surface area contributed by atoms with Crippen molar-refractivity contribution in [1.29, 1.82) is 0 Å². The lowest BCUT2D eigenvalue weighted by Gasteiger charge is -2.33. The fourth-order valence-electron chi connectivity index (χ4n) is 2.15. The van der Waals surface area contributed by atoms with E-state index in [1.807, 2.05) is 0 Å². The first kappa shape index (κ1) is 10.5. The molecule has 0 saturated carbocycles. The molecule has 15 heavy (non-hydrogen) atoms. The Morgan fingerprint density at radius 1 is 1.27 bits per heavy atom. The van der Waals surface area contributed by atoms with Gasteiger partial charge < -0.3 is 10.2 Å². The zero-order chi connectivity index (χ0) is 10.7. The number of piperidine rings is 1. The lowest BCUT2D eigenvalue weighted by molar-refractivity contribution is 0.445. The summed E-state index contributed by atoms with van der Waals surface area (Å²) in [5.74, 6) is 0. The van der Waals surface area contributed by atoms with Gasteiger partial charge in [-0.2, -0.15) is 0 Å². The molecular weight excluding hydrogens is 184 g/mol. The Morgan fingerprint density at radius 3 is 2.60 bits per heavy atom. The average molecular weight is 204 g/mol. The first-order valence-electron chi connectivity index (χ1n) is 5.77. The molecule has 0 bridgehead atoms. The van der Waals surface area contributed by atoms with Crippen LogP contribution in [-0.4, -0.2) is 26.2 Å². The molecule has 2 nitrogen and oxygen atoms in total. The van der Waals surface area contributed by atoms with Crippen molar-refractivity contribution in [3.63, 3.8) is 0 Å². The van der Waals surface area contributed by atoms with Gasteiger partial charge in [-0.15, -0.1) is 0 Å². The van der Waals surface area contributed by atoms with Crippen molar-refractivity contribution in [2.75, 3.05) is 25.0 Å². The maximum Gasteiger partial charge on any atom is 0.0411 e. The number of anilines is 1. The van der Waals surface area contributed by atoms with Gasteiger partial charge >= 0.3 is 0 Å². The predicted molar refractivity (Wildman–Crippen MR) is 65.5 cm³/mol. The summed E-state index contributed by atoms with van der Waals surface area (Å²) < 4.78 is 0. The summed E-state index contributed by atoms with van der Waals surface area (Å²) in [7, 11) is 2.20. The highest BCUT2D eigenvalue weighted by atomic mass is 15.2. The molecule has 1 saturated heterocycles. The molecule has 1 aliphatic rings. The predicted octanol–water partition coefficient (Wildman–Crippen LogP) is 2.18. The fraction of sp³-hybridized carbons (Fsp3) is 0.538. The van der Waals surface area contributed by atoms with Crippen LogP contribution in [0.15, 0.2) is 24.3 Å². The van der Waals surface area contributed by atoms with E-state index in [0.717, 1.165) is 6.54 Å².